The van der Waals surface area contributed by atoms with E-state index in [4.69, 9.17) is 10.8 Å². The number of aryl methyl sites for hydroxylation is 5. The molecule has 0 fully saturated rings. The molecular formula is C18H24N5+. The van der Waals surface area contributed by atoms with Crippen molar-refractivity contribution < 1.29 is 4.57 Å². The minimum Gasteiger partial charge on any atom is -0.395 e. The number of fused-ring (bicyclic) bond motifs is 3. The molecule has 2 N–H and O–H groups in total. The first-order chi connectivity index (χ1) is 11.2. The summed E-state index contributed by atoms with van der Waals surface area (Å²) in [5, 5.41) is 4.81. The number of hydrogen-bond acceptors (Lipinski definition) is 2. The van der Waals surface area contributed by atoms with E-state index in [1.165, 1.54) is 24.1 Å². The molecule has 0 atom stereocenters. The van der Waals surface area contributed by atoms with Crippen LogP contribution in [0, 0.1) is 0 Å². The lowest BCUT2D eigenvalue weighted by Gasteiger charge is -2.02. The molecule has 0 radical (unpaired) electrons. The van der Waals surface area contributed by atoms with E-state index in [9.17, 15) is 0 Å². The third kappa shape index (κ3) is 2.60. The molecule has 0 amide bonds. The molecule has 3 heterocycles. The summed E-state index contributed by atoms with van der Waals surface area (Å²) in [7, 11) is 2.05. The molecule has 5 nitrogen and oxygen atoms in total. The molecule has 3 aromatic heterocycles. The van der Waals surface area contributed by atoms with Gasteiger partial charge in [-0.1, -0.05) is 6.07 Å². The number of unbranched alkanes of at least 4 members (excludes halogenated alkanes) is 1. The van der Waals surface area contributed by atoms with E-state index in [1.807, 2.05) is 7.05 Å². The average Bonchev–Trinajstić information content (AvgIpc) is 3.23. The van der Waals surface area contributed by atoms with Crippen LogP contribution in [0.4, 0.5) is 5.69 Å². The van der Waals surface area contributed by atoms with Crippen molar-refractivity contribution in [3.8, 4) is 0 Å². The smallest absolute Gasteiger partial charge is 0.243 e. The predicted octanol–water partition coefficient (Wildman–Crippen LogP) is 2.05. The van der Waals surface area contributed by atoms with Gasteiger partial charge in [-0.15, -0.1) is 0 Å². The minimum absolute atomic E-state index is 0.868. The Labute approximate surface area is 136 Å². The van der Waals surface area contributed by atoms with E-state index in [0.717, 1.165) is 49.1 Å². The van der Waals surface area contributed by atoms with Gasteiger partial charge in [-0.25, -0.2) is 13.6 Å². The third-order valence-corrected chi connectivity index (χ3v) is 4.87. The summed E-state index contributed by atoms with van der Waals surface area (Å²) in [5.41, 5.74) is 12.1. The molecule has 120 valence electrons. The summed E-state index contributed by atoms with van der Waals surface area (Å²) in [4.78, 5) is 0. The number of nitrogen functional groups attached to an aromatic ring is 1. The SMILES string of the molecule is C[n+]1ccn(CCCCc2nn3c4c(ccc3c2N)CCC4)c1. The molecule has 5 heteroatoms. The van der Waals surface area contributed by atoms with Crippen molar-refractivity contribution in [2.24, 2.45) is 7.05 Å². The van der Waals surface area contributed by atoms with Gasteiger partial charge in [0.05, 0.1) is 30.5 Å². The average molecular weight is 310 g/mol. The highest BCUT2D eigenvalue weighted by Crippen LogP contribution is 2.27. The van der Waals surface area contributed by atoms with Gasteiger partial charge < -0.3 is 5.73 Å². The molecule has 1 aliphatic carbocycles. The summed E-state index contributed by atoms with van der Waals surface area (Å²) >= 11 is 0. The number of nitrogens with two attached hydrogens (primary N) is 1. The zero-order valence-corrected chi connectivity index (χ0v) is 13.7. The van der Waals surface area contributed by atoms with E-state index in [-0.39, 0.29) is 0 Å². The zero-order valence-electron chi connectivity index (χ0n) is 13.7. The van der Waals surface area contributed by atoms with Gasteiger partial charge >= 0.3 is 0 Å². The second-order valence-electron chi connectivity index (χ2n) is 6.59. The molecular weight excluding hydrogens is 286 g/mol. The molecule has 0 spiro atoms. The molecule has 0 unspecified atom stereocenters. The summed E-state index contributed by atoms with van der Waals surface area (Å²) in [5.74, 6) is 0. The monoisotopic (exact) mass is 310 g/mol. The van der Waals surface area contributed by atoms with Crippen molar-refractivity contribution in [1.29, 1.82) is 0 Å². The molecule has 0 aromatic carbocycles. The van der Waals surface area contributed by atoms with Crippen molar-refractivity contribution in [1.82, 2.24) is 14.2 Å². The number of imidazole rings is 1. The Bertz CT molecular complexity index is 843. The normalized spacial score (nSPS) is 13.8. The van der Waals surface area contributed by atoms with Gasteiger partial charge in [0.15, 0.2) is 0 Å². The van der Waals surface area contributed by atoms with Crippen LogP contribution >= 0.6 is 0 Å². The fraction of sp³-hybridized carbons (Fsp3) is 0.444. The molecule has 3 aromatic rings. The quantitative estimate of drug-likeness (QED) is 0.579. The van der Waals surface area contributed by atoms with Crippen LogP contribution < -0.4 is 10.3 Å². The fourth-order valence-corrected chi connectivity index (χ4v) is 3.61. The summed E-state index contributed by atoms with van der Waals surface area (Å²) in [6.45, 7) is 1.05. The minimum atomic E-state index is 0.868. The first-order valence-corrected chi connectivity index (χ1v) is 8.51. The molecule has 4 rings (SSSR count). The highest BCUT2D eigenvalue weighted by molar-refractivity contribution is 5.73. The summed E-state index contributed by atoms with van der Waals surface area (Å²) in [6.07, 6.45) is 13.0. The number of anilines is 1. The maximum Gasteiger partial charge on any atom is 0.243 e. The van der Waals surface area contributed by atoms with Crippen LogP contribution in [0.5, 0.6) is 0 Å². The Hall–Kier alpha value is -2.30. The standard InChI is InChI=1S/C18H24N5/c1-21-11-12-22(13-21)10-3-2-6-15-18(19)17-9-8-14-5-4-7-16(14)23(17)20-15/h8-9,11-13H,2-7,10,19H2,1H3/q+1. The zero-order chi connectivity index (χ0) is 15.8. The van der Waals surface area contributed by atoms with Crippen molar-refractivity contribution >= 4 is 11.2 Å². The molecule has 0 aliphatic heterocycles. The number of hydrogen-bond donors (Lipinski definition) is 1. The topological polar surface area (TPSA) is 52.1 Å². The molecule has 0 saturated carbocycles. The van der Waals surface area contributed by atoms with E-state index in [0.29, 0.717) is 0 Å². The van der Waals surface area contributed by atoms with Crippen LogP contribution in [0.15, 0.2) is 30.9 Å². The largest absolute Gasteiger partial charge is 0.395 e. The lowest BCUT2D eigenvalue weighted by atomic mass is 10.1. The van der Waals surface area contributed by atoms with Crippen LogP contribution in [0.25, 0.3) is 5.52 Å². The van der Waals surface area contributed by atoms with E-state index < -0.39 is 0 Å². The second kappa shape index (κ2) is 5.72. The highest BCUT2D eigenvalue weighted by Gasteiger charge is 2.18. The van der Waals surface area contributed by atoms with Crippen LogP contribution in [0.2, 0.25) is 0 Å². The van der Waals surface area contributed by atoms with Crippen LogP contribution in [0.1, 0.15) is 36.2 Å². The van der Waals surface area contributed by atoms with E-state index >= 15 is 0 Å². The summed E-state index contributed by atoms with van der Waals surface area (Å²) < 4.78 is 6.39. The first-order valence-electron chi connectivity index (χ1n) is 8.51. The molecule has 1 aliphatic rings. The van der Waals surface area contributed by atoms with Crippen LogP contribution in [0.3, 0.4) is 0 Å². The van der Waals surface area contributed by atoms with Gasteiger partial charge in [-0.05, 0) is 50.2 Å². The maximum absolute atomic E-state index is 6.34. The number of aromatic nitrogens is 4. The highest BCUT2D eigenvalue weighted by atomic mass is 15.2. The van der Waals surface area contributed by atoms with Gasteiger partial charge in [-0.2, -0.15) is 5.10 Å². The number of pyridine rings is 1. The Kier molecular flexibility index (Phi) is 3.56. The lowest BCUT2D eigenvalue weighted by molar-refractivity contribution is -0.671. The number of rotatable bonds is 5. The van der Waals surface area contributed by atoms with Gasteiger partial charge in [0.2, 0.25) is 6.33 Å². The predicted molar refractivity (Wildman–Crippen MR) is 90.2 cm³/mol. The van der Waals surface area contributed by atoms with E-state index in [1.54, 1.807) is 0 Å². The van der Waals surface area contributed by atoms with Gasteiger partial charge in [0.1, 0.15) is 12.4 Å². The fourth-order valence-electron chi connectivity index (χ4n) is 3.61. The van der Waals surface area contributed by atoms with Crippen molar-refractivity contribution in [3.63, 3.8) is 0 Å². The van der Waals surface area contributed by atoms with Gasteiger partial charge in [0, 0.05) is 5.69 Å². The van der Waals surface area contributed by atoms with Crippen LogP contribution in [-0.4, -0.2) is 14.2 Å². The Balaban J connectivity index is 1.46. The van der Waals surface area contributed by atoms with E-state index in [2.05, 4.69) is 44.5 Å². The number of nitrogens with zero attached hydrogens (tertiary/aromatic N) is 4. The van der Waals surface area contributed by atoms with Crippen LogP contribution in [-0.2, 0) is 32.9 Å². The lowest BCUT2D eigenvalue weighted by Crippen LogP contribution is -2.23. The Morgan fingerprint density at radius 2 is 2.17 bits per heavy atom. The maximum atomic E-state index is 6.34. The molecule has 23 heavy (non-hydrogen) atoms. The Morgan fingerprint density at radius 1 is 1.26 bits per heavy atom. The molecule has 0 bridgehead atoms. The Morgan fingerprint density at radius 3 is 3.00 bits per heavy atom. The van der Waals surface area contributed by atoms with Crippen molar-refractivity contribution in [3.05, 3.63) is 47.8 Å². The first kappa shape index (κ1) is 14.3. The second-order valence-corrected chi connectivity index (χ2v) is 6.59. The van der Waals surface area contributed by atoms with Crippen molar-refractivity contribution in [2.75, 3.05) is 5.73 Å². The summed E-state index contributed by atoms with van der Waals surface area (Å²) in [6, 6.07) is 4.36. The van der Waals surface area contributed by atoms with Crippen molar-refractivity contribution in [2.45, 2.75) is 45.1 Å². The third-order valence-electron chi connectivity index (χ3n) is 4.87. The van der Waals surface area contributed by atoms with Gasteiger partial charge in [0.25, 0.3) is 0 Å². The van der Waals surface area contributed by atoms with Gasteiger partial charge in [-0.3, -0.25) is 0 Å². The molecule has 0 saturated heterocycles.